The summed E-state index contributed by atoms with van der Waals surface area (Å²) in [6.45, 7) is 11.1. The van der Waals surface area contributed by atoms with Crippen LogP contribution in [0, 0.1) is 6.92 Å². The fourth-order valence-electron chi connectivity index (χ4n) is 2.27. The van der Waals surface area contributed by atoms with Gasteiger partial charge in [-0.3, -0.25) is 9.48 Å². The molecule has 0 radical (unpaired) electrons. The maximum atomic E-state index is 12.6. The minimum absolute atomic E-state index is 0.00229. The summed E-state index contributed by atoms with van der Waals surface area (Å²) in [5.41, 5.74) is 1.65. The van der Waals surface area contributed by atoms with Gasteiger partial charge in [-0.1, -0.05) is 13.8 Å². The molecule has 22 heavy (non-hydrogen) atoms. The number of amides is 1. The van der Waals surface area contributed by atoms with Crippen LogP contribution in [-0.4, -0.2) is 32.6 Å². The molecule has 0 saturated carbocycles. The Balaban J connectivity index is 2.21. The quantitative estimate of drug-likeness (QED) is 0.845. The lowest BCUT2D eigenvalue weighted by molar-refractivity contribution is 0.0744. The Kier molecular flexibility index (Phi) is 5.01. The molecule has 0 aliphatic carbocycles. The van der Waals surface area contributed by atoms with E-state index in [2.05, 4.69) is 23.9 Å². The van der Waals surface area contributed by atoms with Crippen LogP contribution in [-0.2, 0) is 6.54 Å². The van der Waals surface area contributed by atoms with Gasteiger partial charge >= 0.3 is 0 Å². The average molecular weight is 320 g/mol. The molecule has 6 heteroatoms. The minimum atomic E-state index is -0.00824. The van der Waals surface area contributed by atoms with Crippen molar-refractivity contribution in [3.63, 3.8) is 0 Å². The van der Waals surface area contributed by atoms with Gasteiger partial charge in [0.1, 0.15) is 0 Å². The summed E-state index contributed by atoms with van der Waals surface area (Å²) in [5.74, 6) is 0.402. The molecule has 1 atom stereocenters. The maximum Gasteiger partial charge on any atom is 0.257 e. The number of aryl methyl sites for hydroxylation is 2. The SMILES string of the molecule is CCn1cc(C(=O)N(C)[C@@H](C)c2sc(C(C)C)nc2C)cn1. The van der Waals surface area contributed by atoms with Gasteiger partial charge in [-0.05, 0) is 20.8 Å². The molecule has 0 aliphatic rings. The Morgan fingerprint density at radius 2 is 2.09 bits per heavy atom. The lowest BCUT2D eigenvalue weighted by Crippen LogP contribution is -2.29. The number of hydrogen-bond donors (Lipinski definition) is 0. The molecule has 0 aliphatic heterocycles. The fraction of sp³-hybridized carbons (Fsp3) is 0.562. The number of hydrogen-bond acceptors (Lipinski definition) is 4. The van der Waals surface area contributed by atoms with Gasteiger partial charge in [-0.15, -0.1) is 11.3 Å². The second-order valence-electron chi connectivity index (χ2n) is 5.83. The summed E-state index contributed by atoms with van der Waals surface area (Å²) in [6, 6.07) is 0.00229. The molecule has 0 unspecified atom stereocenters. The van der Waals surface area contributed by atoms with Crippen molar-refractivity contribution in [2.24, 2.45) is 0 Å². The van der Waals surface area contributed by atoms with E-state index in [0.717, 1.165) is 22.1 Å². The van der Waals surface area contributed by atoms with Gasteiger partial charge in [0.15, 0.2) is 0 Å². The first-order valence-electron chi connectivity index (χ1n) is 7.62. The predicted molar refractivity (Wildman–Crippen MR) is 89.3 cm³/mol. The molecule has 0 fully saturated rings. The summed E-state index contributed by atoms with van der Waals surface area (Å²) < 4.78 is 1.76. The third-order valence-electron chi connectivity index (χ3n) is 3.83. The van der Waals surface area contributed by atoms with Crippen molar-refractivity contribution >= 4 is 17.2 Å². The van der Waals surface area contributed by atoms with E-state index in [-0.39, 0.29) is 11.9 Å². The van der Waals surface area contributed by atoms with Crippen LogP contribution in [0.5, 0.6) is 0 Å². The molecule has 0 spiro atoms. The smallest absolute Gasteiger partial charge is 0.257 e. The third kappa shape index (κ3) is 3.21. The first-order chi connectivity index (χ1) is 10.3. The van der Waals surface area contributed by atoms with Gasteiger partial charge in [0.25, 0.3) is 5.91 Å². The lowest BCUT2D eigenvalue weighted by atomic mass is 10.2. The van der Waals surface area contributed by atoms with Crippen molar-refractivity contribution in [3.05, 3.63) is 33.5 Å². The molecule has 2 aromatic rings. The molecule has 2 rings (SSSR count). The highest BCUT2D eigenvalue weighted by Crippen LogP contribution is 2.32. The standard InChI is InChI=1S/C16H24N4OS/c1-7-20-9-13(8-17-20)16(21)19(6)12(5)14-11(4)18-15(22-14)10(2)3/h8-10,12H,7H2,1-6H3/t12-/m0/s1. The van der Waals surface area contributed by atoms with E-state index >= 15 is 0 Å². The molecular formula is C16H24N4OS. The third-order valence-corrected chi connectivity index (χ3v) is 5.46. The van der Waals surface area contributed by atoms with Crippen molar-refractivity contribution in [2.75, 3.05) is 7.05 Å². The Morgan fingerprint density at radius 3 is 2.59 bits per heavy atom. The van der Waals surface area contributed by atoms with E-state index in [1.165, 1.54) is 0 Å². The molecule has 0 N–H and O–H groups in total. The van der Waals surface area contributed by atoms with E-state index in [1.54, 1.807) is 33.3 Å². The van der Waals surface area contributed by atoms with Crippen LogP contribution in [0.2, 0.25) is 0 Å². The van der Waals surface area contributed by atoms with Crippen LogP contribution in [0.25, 0.3) is 0 Å². The minimum Gasteiger partial charge on any atom is -0.334 e. The topological polar surface area (TPSA) is 51.0 Å². The average Bonchev–Trinajstić information content (AvgIpc) is 3.11. The van der Waals surface area contributed by atoms with Crippen molar-refractivity contribution < 1.29 is 4.79 Å². The molecule has 1 amide bonds. The van der Waals surface area contributed by atoms with E-state index in [0.29, 0.717) is 11.5 Å². The Bertz CT molecular complexity index is 659. The summed E-state index contributed by atoms with van der Waals surface area (Å²) in [4.78, 5) is 20.1. The van der Waals surface area contributed by atoms with Gasteiger partial charge in [0.2, 0.25) is 0 Å². The molecule has 120 valence electrons. The largest absolute Gasteiger partial charge is 0.334 e. The summed E-state index contributed by atoms with van der Waals surface area (Å²) >= 11 is 1.70. The Hall–Kier alpha value is -1.69. The molecule has 0 bridgehead atoms. The summed E-state index contributed by atoms with van der Waals surface area (Å²) in [7, 11) is 1.84. The van der Waals surface area contributed by atoms with E-state index in [9.17, 15) is 4.79 Å². The van der Waals surface area contributed by atoms with Crippen LogP contribution in [0.4, 0.5) is 0 Å². The molecular weight excluding hydrogens is 296 g/mol. The fourth-order valence-corrected chi connectivity index (χ4v) is 3.43. The zero-order valence-corrected chi connectivity index (χ0v) is 14.9. The highest BCUT2D eigenvalue weighted by atomic mass is 32.1. The van der Waals surface area contributed by atoms with Crippen LogP contribution in [0.3, 0.4) is 0 Å². The lowest BCUT2D eigenvalue weighted by Gasteiger charge is -2.24. The molecule has 2 heterocycles. The van der Waals surface area contributed by atoms with Gasteiger partial charge in [0, 0.05) is 30.6 Å². The summed E-state index contributed by atoms with van der Waals surface area (Å²) in [5, 5.41) is 5.30. The highest BCUT2D eigenvalue weighted by molar-refractivity contribution is 7.11. The highest BCUT2D eigenvalue weighted by Gasteiger charge is 2.24. The number of rotatable bonds is 5. The van der Waals surface area contributed by atoms with Crippen molar-refractivity contribution in [2.45, 2.75) is 53.1 Å². The van der Waals surface area contributed by atoms with Crippen molar-refractivity contribution in [3.8, 4) is 0 Å². The van der Waals surface area contributed by atoms with Crippen LogP contribution < -0.4 is 0 Å². The number of thiazole rings is 1. The van der Waals surface area contributed by atoms with Crippen molar-refractivity contribution in [1.29, 1.82) is 0 Å². The zero-order chi connectivity index (χ0) is 16.4. The zero-order valence-electron chi connectivity index (χ0n) is 14.1. The second kappa shape index (κ2) is 6.60. The van der Waals surface area contributed by atoms with Crippen LogP contribution in [0.15, 0.2) is 12.4 Å². The maximum absolute atomic E-state index is 12.6. The number of nitrogens with zero attached hydrogens (tertiary/aromatic N) is 4. The van der Waals surface area contributed by atoms with Gasteiger partial charge in [0.05, 0.1) is 28.5 Å². The van der Waals surface area contributed by atoms with Gasteiger partial charge in [-0.2, -0.15) is 5.10 Å². The Labute approximate surface area is 136 Å². The molecule has 5 nitrogen and oxygen atoms in total. The summed E-state index contributed by atoms with van der Waals surface area (Å²) in [6.07, 6.45) is 3.43. The predicted octanol–water partition coefficient (Wildman–Crippen LogP) is 3.62. The van der Waals surface area contributed by atoms with Crippen LogP contribution in [0.1, 0.15) is 65.6 Å². The second-order valence-corrected chi connectivity index (χ2v) is 6.90. The molecule has 0 aromatic carbocycles. The monoisotopic (exact) mass is 320 g/mol. The number of aromatic nitrogens is 3. The molecule has 0 saturated heterocycles. The number of carbonyl (C=O) groups excluding carboxylic acids is 1. The van der Waals surface area contributed by atoms with Crippen LogP contribution >= 0.6 is 11.3 Å². The first-order valence-corrected chi connectivity index (χ1v) is 8.43. The molecule has 2 aromatic heterocycles. The van der Waals surface area contributed by atoms with Crippen molar-refractivity contribution in [1.82, 2.24) is 19.7 Å². The van der Waals surface area contributed by atoms with Gasteiger partial charge < -0.3 is 4.90 Å². The Morgan fingerprint density at radius 1 is 1.41 bits per heavy atom. The van der Waals surface area contributed by atoms with E-state index in [4.69, 9.17) is 0 Å². The normalized spacial score (nSPS) is 12.7. The van der Waals surface area contributed by atoms with E-state index < -0.39 is 0 Å². The van der Waals surface area contributed by atoms with E-state index in [1.807, 2.05) is 27.8 Å². The number of carbonyl (C=O) groups is 1. The van der Waals surface area contributed by atoms with Gasteiger partial charge in [-0.25, -0.2) is 4.98 Å². The first kappa shape index (κ1) is 16.7.